The number of rotatable bonds is 3. The summed E-state index contributed by atoms with van der Waals surface area (Å²) in [6, 6.07) is 7.47. The maximum atomic E-state index is 10.3. The maximum Gasteiger partial charge on any atom is 0.319 e. The zero-order valence-electron chi connectivity index (χ0n) is 7.43. The number of carboxylic acid groups (broad SMARTS) is 1. The largest absolute Gasteiger partial charge is 0.480 e. The molecule has 5 heteroatoms. The van der Waals surface area contributed by atoms with Crippen LogP contribution in [0.25, 0.3) is 0 Å². The molecule has 14 heavy (non-hydrogen) atoms. The summed E-state index contributed by atoms with van der Waals surface area (Å²) in [5, 5.41) is 10.2. The van der Waals surface area contributed by atoms with E-state index in [2.05, 4.69) is 5.43 Å². The molecule has 0 bridgehead atoms. The number of hydrogen-bond donors (Lipinski definition) is 2. The number of carbonyl (C=O) groups is 1. The minimum Gasteiger partial charge on any atom is -0.480 e. The molecule has 1 aromatic carbocycles. The van der Waals surface area contributed by atoms with Crippen molar-refractivity contribution in [3.05, 3.63) is 24.3 Å². The van der Waals surface area contributed by atoms with Gasteiger partial charge in [-0.15, -0.1) is 0 Å². The van der Waals surface area contributed by atoms with Crippen LogP contribution in [0.15, 0.2) is 24.3 Å². The van der Waals surface area contributed by atoms with Crippen LogP contribution >= 0.6 is 0 Å². The monoisotopic (exact) mass is 194 g/mol. The zero-order valence-corrected chi connectivity index (χ0v) is 7.43. The van der Waals surface area contributed by atoms with Gasteiger partial charge in [0.25, 0.3) is 0 Å². The summed E-state index contributed by atoms with van der Waals surface area (Å²) in [7, 11) is 0. The number of hydrazine groups is 1. The molecule has 0 unspecified atom stereocenters. The van der Waals surface area contributed by atoms with Crippen molar-refractivity contribution < 1.29 is 14.6 Å². The average molecular weight is 194 g/mol. The average Bonchev–Trinajstić information content (AvgIpc) is 2.58. The summed E-state index contributed by atoms with van der Waals surface area (Å²) >= 11 is 0. The van der Waals surface area contributed by atoms with Crippen LogP contribution in [-0.2, 0) is 4.79 Å². The molecule has 0 radical (unpaired) electrons. The number of para-hydroxylation sites is 2. The Balaban J connectivity index is 2.07. The number of fused-ring (bicyclic) bond motifs is 1. The highest BCUT2D eigenvalue weighted by Gasteiger charge is 2.19. The first-order valence-corrected chi connectivity index (χ1v) is 4.22. The fourth-order valence-corrected chi connectivity index (χ4v) is 1.30. The second kappa shape index (κ2) is 3.55. The first kappa shape index (κ1) is 8.83. The summed E-state index contributed by atoms with van der Waals surface area (Å²) in [5.74, 6) is -0.125. The van der Waals surface area contributed by atoms with Gasteiger partial charge in [0.1, 0.15) is 12.3 Å². The summed E-state index contributed by atoms with van der Waals surface area (Å²) in [6.07, 6.45) is 0. The number of benzene rings is 1. The molecule has 2 rings (SSSR count). The number of nitrogens with one attached hydrogen (secondary N) is 1. The van der Waals surface area contributed by atoms with Gasteiger partial charge in [-0.3, -0.25) is 9.80 Å². The van der Waals surface area contributed by atoms with Crippen molar-refractivity contribution in [1.29, 1.82) is 0 Å². The van der Waals surface area contributed by atoms with Gasteiger partial charge in [-0.1, -0.05) is 12.1 Å². The molecule has 1 aliphatic rings. The quantitative estimate of drug-likeness (QED) is 0.730. The van der Waals surface area contributed by atoms with Crippen molar-refractivity contribution in [3.63, 3.8) is 0 Å². The lowest BCUT2D eigenvalue weighted by molar-refractivity contribution is -0.136. The van der Waals surface area contributed by atoms with Gasteiger partial charge in [-0.05, 0) is 12.1 Å². The van der Waals surface area contributed by atoms with Gasteiger partial charge < -0.3 is 9.84 Å². The van der Waals surface area contributed by atoms with Crippen molar-refractivity contribution in [2.75, 3.05) is 18.3 Å². The Labute approximate surface area is 80.9 Å². The highest BCUT2D eigenvalue weighted by molar-refractivity contribution is 5.70. The summed E-state index contributed by atoms with van der Waals surface area (Å²) in [6.45, 7) is 0.227. The van der Waals surface area contributed by atoms with Crippen LogP contribution in [0.4, 0.5) is 5.69 Å². The number of aliphatic carboxylic acids is 1. The number of ether oxygens (including phenoxy) is 1. The molecule has 0 saturated heterocycles. The van der Waals surface area contributed by atoms with E-state index >= 15 is 0 Å². The van der Waals surface area contributed by atoms with Gasteiger partial charge in [-0.25, -0.2) is 5.43 Å². The molecule has 2 N–H and O–H groups in total. The van der Waals surface area contributed by atoms with Crippen molar-refractivity contribution >= 4 is 11.7 Å². The summed E-state index contributed by atoms with van der Waals surface area (Å²) in [5.41, 5.74) is 3.62. The molecule has 0 amide bonds. The fourth-order valence-electron chi connectivity index (χ4n) is 1.30. The number of hydrogen-bond acceptors (Lipinski definition) is 4. The van der Waals surface area contributed by atoms with E-state index in [4.69, 9.17) is 9.84 Å². The smallest absolute Gasteiger partial charge is 0.319 e. The maximum absolute atomic E-state index is 10.3. The Hall–Kier alpha value is -1.75. The molecular formula is C9H10N2O3. The van der Waals surface area contributed by atoms with Crippen LogP contribution < -0.4 is 15.2 Å². The molecule has 0 atom stereocenters. The molecule has 5 nitrogen and oxygen atoms in total. The first-order chi connectivity index (χ1) is 6.77. The first-order valence-electron chi connectivity index (χ1n) is 4.22. The molecule has 0 aromatic heterocycles. The summed E-state index contributed by atoms with van der Waals surface area (Å²) < 4.78 is 5.31. The van der Waals surface area contributed by atoms with Crippen molar-refractivity contribution in [2.45, 2.75) is 0 Å². The van der Waals surface area contributed by atoms with Crippen LogP contribution in [0.3, 0.4) is 0 Å². The van der Waals surface area contributed by atoms with E-state index < -0.39 is 5.97 Å². The molecule has 1 aromatic rings. The second-order valence-corrected chi connectivity index (χ2v) is 2.90. The fraction of sp³-hybridized carbons (Fsp3) is 0.222. The van der Waals surface area contributed by atoms with Gasteiger partial charge in [0, 0.05) is 0 Å². The van der Waals surface area contributed by atoms with Crippen LogP contribution in [0, 0.1) is 0 Å². The third kappa shape index (κ3) is 1.62. The number of carboxylic acids is 1. The highest BCUT2D eigenvalue weighted by atomic mass is 16.5. The third-order valence-electron chi connectivity index (χ3n) is 1.93. The van der Waals surface area contributed by atoms with Crippen LogP contribution in [0.5, 0.6) is 5.75 Å². The molecule has 1 aliphatic heterocycles. The Morgan fingerprint density at radius 1 is 1.57 bits per heavy atom. The van der Waals surface area contributed by atoms with Gasteiger partial charge in [0.15, 0.2) is 6.73 Å². The van der Waals surface area contributed by atoms with Crippen LogP contribution in [-0.4, -0.2) is 24.4 Å². The van der Waals surface area contributed by atoms with Crippen LogP contribution in [0.2, 0.25) is 0 Å². The van der Waals surface area contributed by atoms with E-state index in [1.807, 2.05) is 24.3 Å². The molecule has 1 heterocycles. The number of nitrogens with zero attached hydrogens (tertiary/aromatic N) is 1. The Morgan fingerprint density at radius 2 is 2.36 bits per heavy atom. The summed E-state index contributed by atoms with van der Waals surface area (Å²) in [4.78, 5) is 10.3. The highest BCUT2D eigenvalue weighted by Crippen LogP contribution is 2.31. The molecule has 0 aliphatic carbocycles. The Bertz CT molecular complexity index is 354. The predicted molar refractivity (Wildman–Crippen MR) is 50.1 cm³/mol. The standard InChI is InChI=1S/C9H10N2O3/c12-9(13)5-10-11-6-14-8-4-2-1-3-7(8)11/h1-4,10H,5-6H2,(H,12,13). The third-order valence-corrected chi connectivity index (χ3v) is 1.93. The zero-order chi connectivity index (χ0) is 9.97. The molecular weight excluding hydrogens is 184 g/mol. The van der Waals surface area contributed by atoms with E-state index in [1.165, 1.54) is 0 Å². The van der Waals surface area contributed by atoms with Gasteiger partial charge >= 0.3 is 5.97 Å². The lowest BCUT2D eigenvalue weighted by atomic mass is 10.3. The molecule has 0 saturated carbocycles. The Kier molecular flexibility index (Phi) is 2.24. The van der Waals surface area contributed by atoms with E-state index in [0.29, 0.717) is 6.73 Å². The second-order valence-electron chi connectivity index (χ2n) is 2.90. The Morgan fingerprint density at radius 3 is 3.14 bits per heavy atom. The van der Waals surface area contributed by atoms with Crippen molar-refractivity contribution in [3.8, 4) is 5.75 Å². The van der Waals surface area contributed by atoms with E-state index in [1.54, 1.807) is 5.01 Å². The van der Waals surface area contributed by atoms with Crippen molar-refractivity contribution in [2.24, 2.45) is 0 Å². The van der Waals surface area contributed by atoms with Gasteiger partial charge in [0.05, 0.1) is 5.69 Å². The SMILES string of the molecule is O=C(O)CNN1COc2ccccc21. The van der Waals surface area contributed by atoms with E-state index in [9.17, 15) is 4.79 Å². The van der Waals surface area contributed by atoms with E-state index in [-0.39, 0.29) is 6.54 Å². The normalized spacial score (nSPS) is 13.6. The minimum absolute atomic E-state index is 0.113. The van der Waals surface area contributed by atoms with Gasteiger partial charge in [-0.2, -0.15) is 0 Å². The van der Waals surface area contributed by atoms with Crippen LogP contribution in [0.1, 0.15) is 0 Å². The van der Waals surface area contributed by atoms with Gasteiger partial charge in [0.2, 0.25) is 0 Å². The molecule has 0 fully saturated rings. The lowest BCUT2D eigenvalue weighted by Gasteiger charge is -2.15. The number of anilines is 1. The minimum atomic E-state index is -0.894. The molecule has 74 valence electrons. The topological polar surface area (TPSA) is 61.8 Å². The van der Waals surface area contributed by atoms with E-state index in [0.717, 1.165) is 11.4 Å². The molecule has 0 spiro atoms. The predicted octanol–water partition coefficient (Wildman–Crippen LogP) is 0.432. The van der Waals surface area contributed by atoms with Crippen molar-refractivity contribution in [1.82, 2.24) is 5.43 Å². The lowest BCUT2D eigenvalue weighted by Crippen LogP contribution is -2.40.